The quantitative estimate of drug-likeness (QED) is 0.800. The molecule has 0 spiro atoms. The minimum Gasteiger partial charge on any atom is -0.451 e. The van der Waals surface area contributed by atoms with Gasteiger partial charge in [-0.25, -0.2) is 0 Å². The van der Waals surface area contributed by atoms with Crippen molar-refractivity contribution in [2.75, 3.05) is 0 Å². The molecule has 0 radical (unpaired) electrons. The van der Waals surface area contributed by atoms with Crippen LogP contribution < -0.4 is 5.32 Å². The fraction of sp³-hybridized carbons (Fsp3) is 0.267. The Morgan fingerprint density at radius 3 is 2.67 bits per heavy atom. The number of aryl methyl sites for hydroxylation is 1. The Morgan fingerprint density at radius 2 is 1.95 bits per heavy atom. The van der Waals surface area contributed by atoms with Crippen molar-refractivity contribution in [1.82, 2.24) is 15.5 Å². The molecule has 0 fully saturated rings. The van der Waals surface area contributed by atoms with Crippen molar-refractivity contribution in [3.63, 3.8) is 0 Å². The molecule has 0 saturated carbocycles. The van der Waals surface area contributed by atoms with E-state index in [0.717, 1.165) is 16.5 Å². The summed E-state index contributed by atoms with van der Waals surface area (Å²) in [4.78, 5) is 11.8. The summed E-state index contributed by atoms with van der Waals surface area (Å²) >= 11 is 0. The molecule has 21 heavy (non-hydrogen) atoms. The number of rotatable bonds is 3. The van der Waals surface area contributed by atoms with Gasteiger partial charge in [0.05, 0.1) is 0 Å². The number of para-hydroxylation sites is 1. The molecule has 6 heteroatoms. The van der Waals surface area contributed by atoms with Gasteiger partial charge in [-0.2, -0.15) is 0 Å². The van der Waals surface area contributed by atoms with Crippen LogP contribution in [0.5, 0.6) is 0 Å². The third-order valence-electron chi connectivity index (χ3n) is 3.08. The van der Waals surface area contributed by atoms with Gasteiger partial charge in [-0.15, -0.1) is 10.2 Å². The number of amides is 1. The number of hydrogen-bond donors (Lipinski definition) is 1. The molecule has 1 amide bonds. The lowest BCUT2D eigenvalue weighted by Gasteiger charge is -2.03. The summed E-state index contributed by atoms with van der Waals surface area (Å²) in [5, 5.41) is 11.4. The van der Waals surface area contributed by atoms with Crippen LogP contribution in [0.2, 0.25) is 0 Å². The highest BCUT2D eigenvalue weighted by Gasteiger charge is 2.21. The van der Waals surface area contributed by atoms with Crippen LogP contribution in [0, 0.1) is 6.92 Å². The van der Waals surface area contributed by atoms with Crippen LogP contribution in [0.4, 0.5) is 0 Å². The maximum atomic E-state index is 11.8. The number of nitrogens with one attached hydrogen (secondary N) is 1. The molecule has 0 saturated heterocycles. The van der Waals surface area contributed by atoms with Gasteiger partial charge in [0, 0.05) is 17.0 Å². The molecule has 0 aliphatic rings. The molecular weight excluding hydrogens is 270 g/mol. The van der Waals surface area contributed by atoms with Crippen LogP contribution in [0.25, 0.3) is 22.6 Å². The van der Waals surface area contributed by atoms with Crippen molar-refractivity contribution in [3.8, 4) is 11.7 Å². The molecule has 0 unspecified atom stereocenters. The number of fused-ring (bicyclic) bond motifs is 1. The first-order valence-electron chi connectivity index (χ1n) is 6.69. The van der Waals surface area contributed by atoms with Crippen molar-refractivity contribution < 1.29 is 13.6 Å². The van der Waals surface area contributed by atoms with E-state index < -0.39 is 5.91 Å². The van der Waals surface area contributed by atoms with Crippen molar-refractivity contribution in [2.24, 2.45) is 0 Å². The lowest BCUT2D eigenvalue weighted by Crippen LogP contribution is -2.30. The summed E-state index contributed by atoms with van der Waals surface area (Å²) in [5.41, 5.74) is 1.65. The van der Waals surface area contributed by atoms with Gasteiger partial charge in [-0.05, 0) is 26.8 Å². The highest BCUT2D eigenvalue weighted by Crippen LogP contribution is 2.31. The zero-order chi connectivity index (χ0) is 15.0. The Hall–Kier alpha value is -2.63. The van der Waals surface area contributed by atoms with E-state index in [0.29, 0.717) is 5.76 Å². The van der Waals surface area contributed by atoms with Crippen LogP contribution in [0.3, 0.4) is 0 Å². The summed E-state index contributed by atoms with van der Waals surface area (Å²) < 4.78 is 11.1. The average Bonchev–Trinajstić information content (AvgIpc) is 3.04. The first kappa shape index (κ1) is 13.4. The number of furan rings is 1. The maximum Gasteiger partial charge on any atom is 0.309 e. The Labute approximate surface area is 121 Å². The van der Waals surface area contributed by atoms with Gasteiger partial charge < -0.3 is 14.2 Å². The number of benzene rings is 1. The predicted octanol–water partition coefficient (Wildman–Crippen LogP) is 2.93. The number of nitrogens with zero attached hydrogens (tertiary/aromatic N) is 2. The predicted molar refractivity (Wildman–Crippen MR) is 76.8 cm³/mol. The van der Waals surface area contributed by atoms with Gasteiger partial charge >= 0.3 is 11.8 Å². The number of carbonyl (C=O) groups is 1. The number of hydrogen-bond acceptors (Lipinski definition) is 5. The molecule has 6 nitrogen and oxygen atoms in total. The van der Waals surface area contributed by atoms with E-state index in [4.69, 9.17) is 8.83 Å². The molecule has 2 aromatic heterocycles. The molecule has 0 atom stereocenters. The Balaban J connectivity index is 1.98. The largest absolute Gasteiger partial charge is 0.451 e. The lowest BCUT2D eigenvalue weighted by molar-refractivity contribution is 0.0908. The van der Waals surface area contributed by atoms with E-state index in [1.807, 2.05) is 45.0 Å². The summed E-state index contributed by atoms with van der Waals surface area (Å²) in [6, 6.07) is 7.66. The Morgan fingerprint density at radius 1 is 1.19 bits per heavy atom. The second kappa shape index (κ2) is 5.05. The first-order chi connectivity index (χ1) is 10.1. The molecule has 0 aliphatic heterocycles. The molecule has 108 valence electrons. The van der Waals surface area contributed by atoms with Gasteiger partial charge in [0.25, 0.3) is 5.89 Å². The van der Waals surface area contributed by atoms with E-state index in [-0.39, 0.29) is 17.8 Å². The van der Waals surface area contributed by atoms with E-state index in [1.165, 1.54) is 0 Å². The van der Waals surface area contributed by atoms with Gasteiger partial charge in [-0.3, -0.25) is 4.79 Å². The number of carbonyl (C=O) groups excluding carboxylic acids is 1. The van der Waals surface area contributed by atoms with Crippen LogP contribution in [-0.2, 0) is 0 Å². The minimum absolute atomic E-state index is 0.000729. The summed E-state index contributed by atoms with van der Waals surface area (Å²) in [6.45, 7) is 5.64. The topological polar surface area (TPSA) is 81.2 Å². The van der Waals surface area contributed by atoms with Crippen molar-refractivity contribution in [2.45, 2.75) is 26.8 Å². The lowest BCUT2D eigenvalue weighted by atomic mass is 10.1. The summed E-state index contributed by atoms with van der Waals surface area (Å²) in [5.74, 6) is 0.237. The maximum absolute atomic E-state index is 11.8. The highest BCUT2D eigenvalue weighted by molar-refractivity contribution is 5.90. The molecule has 1 aromatic carbocycles. The van der Waals surface area contributed by atoms with Gasteiger partial charge in [0.1, 0.15) is 5.58 Å². The second-order valence-electron chi connectivity index (χ2n) is 5.09. The summed E-state index contributed by atoms with van der Waals surface area (Å²) in [7, 11) is 0. The molecule has 3 rings (SSSR count). The molecule has 2 heterocycles. The highest BCUT2D eigenvalue weighted by atomic mass is 16.4. The molecule has 0 aliphatic carbocycles. The van der Waals surface area contributed by atoms with Crippen LogP contribution >= 0.6 is 0 Å². The van der Waals surface area contributed by atoms with E-state index in [2.05, 4.69) is 15.5 Å². The molecule has 0 bridgehead atoms. The van der Waals surface area contributed by atoms with Gasteiger partial charge in [-0.1, -0.05) is 18.2 Å². The van der Waals surface area contributed by atoms with Crippen molar-refractivity contribution in [3.05, 3.63) is 35.7 Å². The van der Waals surface area contributed by atoms with Gasteiger partial charge in [0.15, 0.2) is 5.76 Å². The third kappa shape index (κ3) is 2.40. The van der Waals surface area contributed by atoms with E-state index in [1.54, 1.807) is 0 Å². The van der Waals surface area contributed by atoms with Crippen molar-refractivity contribution in [1.29, 1.82) is 0 Å². The normalized spacial score (nSPS) is 11.2. The number of aromatic nitrogens is 2. The summed E-state index contributed by atoms with van der Waals surface area (Å²) in [6.07, 6.45) is 0. The smallest absolute Gasteiger partial charge is 0.309 e. The third-order valence-corrected chi connectivity index (χ3v) is 3.08. The van der Waals surface area contributed by atoms with Gasteiger partial charge in [0.2, 0.25) is 0 Å². The zero-order valence-electron chi connectivity index (χ0n) is 12.0. The minimum atomic E-state index is -0.391. The molecule has 3 aromatic rings. The molecule has 1 N–H and O–H groups in total. The average molecular weight is 285 g/mol. The van der Waals surface area contributed by atoms with Crippen LogP contribution in [-0.4, -0.2) is 22.1 Å². The SMILES string of the molecule is Cc1c(-c2nnc(C(=O)NC(C)C)o2)oc2ccccc12. The fourth-order valence-corrected chi connectivity index (χ4v) is 2.11. The van der Waals surface area contributed by atoms with Crippen LogP contribution in [0.15, 0.2) is 33.1 Å². The van der Waals surface area contributed by atoms with Crippen molar-refractivity contribution >= 4 is 16.9 Å². The van der Waals surface area contributed by atoms with E-state index >= 15 is 0 Å². The zero-order valence-corrected chi connectivity index (χ0v) is 12.0. The molecular formula is C15H15N3O3. The fourth-order valence-electron chi connectivity index (χ4n) is 2.11. The van der Waals surface area contributed by atoms with E-state index in [9.17, 15) is 4.79 Å². The first-order valence-corrected chi connectivity index (χ1v) is 6.69. The Bertz CT molecular complexity index is 801. The second-order valence-corrected chi connectivity index (χ2v) is 5.09. The van der Waals surface area contributed by atoms with Crippen LogP contribution in [0.1, 0.15) is 30.1 Å². The Kier molecular flexibility index (Phi) is 3.21. The standard InChI is InChI=1S/C15H15N3O3/c1-8(2)16-13(19)15-18-17-14(21-15)12-9(3)10-6-4-5-7-11(10)20-12/h4-8H,1-3H3,(H,16,19). The monoisotopic (exact) mass is 285 g/mol.